The van der Waals surface area contributed by atoms with Gasteiger partial charge in [-0.2, -0.15) is 0 Å². The van der Waals surface area contributed by atoms with Gasteiger partial charge >= 0.3 is 6.09 Å². The van der Waals surface area contributed by atoms with Crippen LogP contribution in [0.4, 0.5) is 16.2 Å². The SMILES string of the molecule is CCOC(=O)N=Nc1cccc(-c2ccc(N=[N+]=[N-])cc2)c1. The number of hydrogen-bond acceptors (Lipinski definition) is 4. The number of rotatable bonds is 4. The first kappa shape index (κ1) is 15.2. The highest BCUT2D eigenvalue weighted by Gasteiger charge is 2.01. The van der Waals surface area contributed by atoms with E-state index in [4.69, 9.17) is 5.53 Å². The zero-order valence-corrected chi connectivity index (χ0v) is 11.9. The van der Waals surface area contributed by atoms with Crippen LogP contribution in [0.15, 0.2) is 63.9 Å². The van der Waals surface area contributed by atoms with Crippen LogP contribution in [0.2, 0.25) is 0 Å². The molecule has 0 aliphatic heterocycles. The summed E-state index contributed by atoms with van der Waals surface area (Å²) >= 11 is 0. The highest BCUT2D eigenvalue weighted by atomic mass is 16.5. The molecule has 0 aromatic heterocycles. The fraction of sp³-hybridized carbons (Fsp3) is 0.133. The average Bonchev–Trinajstić information content (AvgIpc) is 2.55. The number of amides is 1. The minimum absolute atomic E-state index is 0.259. The van der Waals surface area contributed by atoms with E-state index in [9.17, 15) is 4.79 Å². The summed E-state index contributed by atoms with van der Waals surface area (Å²) in [6, 6.07) is 14.4. The number of nitrogens with zero attached hydrogens (tertiary/aromatic N) is 5. The van der Waals surface area contributed by atoms with Gasteiger partial charge in [-0.25, -0.2) is 4.79 Å². The smallest absolute Gasteiger partial charge is 0.447 e. The Bertz CT molecular complexity index is 734. The fourth-order valence-electron chi connectivity index (χ4n) is 1.77. The number of benzene rings is 2. The van der Waals surface area contributed by atoms with Crippen molar-refractivity contribution in [2.24, 2.45) is 15.3 Å². The van der Waals surface area contributed by atoms with Crippen molar-refractivity contribution in [2.45, 2.75) is 6.92 Å². The van der Waals surface area contributed by atoms with E-state index in [-0.39, 0.29) is 6.61 Å². The molecule has 0 radical (unpaired) electrons. The molecule has 0 saturated heterocycles. The Morgan fingerprint density at radius 2 is 1.91 bits per heavy atom. The highest BCUT2D eigenvalue weighted by molar-refractivity contribution is 5.70. The first-order valence-electron chi connectivity index (χ1n) is 6.57. The van der Waals surface area contributed by atoms with Gasteiger partial charge in [0.2, 0.25) is 0 Å². The summed E-state index contributed by atoms with van der Waals surface area (Å²) in [4.78, 5) is 13.9. The molecule has 0 heterocycles. The third kappa shape index (κ3) is 4.16. The van der Waals surface area contributed by atoms with E-state index in [2.05, 4.69) is 25.0 Å². The van der Waals surface area contributed by atoms with Gasteiger partial charge in [0.05, 0.1) is 12.3 Å². The van der Waals surface area contributed by atoms with Gasteiger partial charge in [0.15, 0.2) is 0 Å². The van der Waals surface area contributed by atoms with E-state index >= 15 is 0 Å². The molecular formula is C15H13N5O2. The van der Waals surface area contributed by atoms with Crippen molar-refractivity contribution in [2.75, 3.05) is 6.61 Å². The second kappa shape index (κ2) is 7.56. The van der Waals surface area contributed by atoms with E-state index in [0.29, 0.717) is 11.4 Å². The van der Waals surface area contributed by atoms with Gasteiger partial charge in [-0.15, -0.1) is 5.11 Å². The number of azo groups is 1. The highest BCUT2D eigenvalue weighted by Crippen LogP contribution is 2.26. The van der Waals surface area contributed by atoms with Crippen molar-refractivity contribution >= 4 is 17.5 Å². The first-order chi connectivity index (χ1) is 10.7. The molecule has 0 spiro atoms. The maximum Gasteiger partial charge on any atom is 0.452 e. The van der Waals surface area contributed by atoms with Crippen LogP contribution in [0.3, 0.4) is 0 Å². The lowest BCUT2D eigenvalue weighted by atomic mass is 10.1. The Balaban J connectivity index is 2.20. The number of hydrogen-bond donors (Lipinski definition) is 0. The van der Waals surface area contributed by atoms with Crippen LogP contribution in [-0.4, -0.2) is 12.7 Å². The third-order valence-corrected chi connectivity index (χ3v) is 2.72. The standard InChI is InChI=1S/C15H13N5O2/c1-2-22-15(21)19-17-14-5-3-4-12(10-14)11-6-8-13(9-7-11)18-20-16/h3-10H,2H2,1H3. The van der Waals surface area contributed by atoms with Crippen LogP contribution in [0, 0.1) is 0 Å². The van der Waals surface area contributed by atoms with Gasteiger partial charge in [0.25, 0.3) is 0 Å². The Morgan fingerprint density at radius 3 is 2.59 bits per heavy atom. The van der Waals surface area contributed by atoms with Gasteiger partial charge in [-0.3, -0.25) is 0 Å². The van der Waals surface area contributed by atoms with Crippen molar-refractivity contribution in [1.29, 1.82) is 0 Å². The molecule has 0 saturated carbocycles. The third-order valence-electron chi connectivity index (χ3n) is 2.72. The topological polar surface area (TPSA) is 99.8 Å². The summed E-state index contributed by atoms with van der Waals surface area (Å²) in [6.07, 6.45) is -0.716. The predicted molar refractivity (Wildman–Crippen MR) is 82.2 cm³/mol. The van der Waals surface area contributed by atoms with Crippen molar-refractivity contribution in [3.8, 4) is 11.1 Å². The number of ether oxygens (including phenoxy) is 1. The van der Waals surface area contributed by atoms with Gasteiger partial charge < -0.3 is 4.74 Å². The molecule has 0 aliphatic carbocycles. The van der Waals surface area contributed by atoms with Crippen molar-refractivity contribution in [3.05, 3.63) is 59.0 Å². The molecule has 7 heteroatoms. The molecule has 2 aromatic rings. The van der Waals surface area contributed by atoms with E-state index in [0.717, 1.165) is 11.1 Å². The summed E-state index contributed by atoms with van der Waals surface area (Å²) < 4.78 is 4.68. The minimum Gasteiger partial charge on any atom is -0.447 e. The van der Waals surface area contributed by atoms with E-state index < -0.39 is 6.09 Å². The van der Waals surface area contributed by atoms with Gasteiger partial charge in [0.1, 0.15) is 0 Å². The number of carbonyl (C=O) groups is 1. The molecule has 0 aliphatic rings. The molecule has 2 aromatic carbocycles. The van der Waals surface area contributed by atoms with Gasteiger partial charge in [0, 0.05) is 10.6 Å². The molecule has 0 fully saturated rings. The van der Waals surface area contributed by atoms with Gasteiger partial charge in [-0.1, -0.05) is 46.6 Å². The Labute approximate surface area is 126 Å². The largest absolute Gasteiger partial charge is 0.452 e. The molecule has 0 atom stereocenters. The van der Waals surface area contributed by atoms with Crippen LogP contribution in [0.1, 0.15) is 6.92 Å². The summed E-state index contributed by atoms with van der Waals surface area (Å²) in [6.45, 7) is 1.96. The fourth-order valence-corrected chi connectivity index (χ4v) is 1.77. The molecule has 1 amide bonds. The Kier molecular flexibility index (Phi) is 5.23. The van der Waals surface area contributed by atoms with E-state index in [1.807, 2.05) is 24.3 Å². The lowest BCUT2D eigenvalue weighted by Gasteiger charge is -2.03. The van der Waals surface area contributed by atoms with Crippen LogP contribution < -0.4 is 0 Å². The first-order valence-corrected chi connectivity index (χ1v) is 6.57. The zero-order chi connectivity index (χ0) is 15.8. The average molecular weight is 295 g/mol. The second-order valence-corrected chi connectivity index (χ2v) is 4.19. The minimum atomic E-state index is -0.716. The normalized spacial score (nSPS) is 10.2. The Hall–Kier alpha value is -3.18. The summed E-state index contributed by atoms with van der Waals surface area (Å²) in [5.74, 6) is 0. The molecule has 0 bridgehead atoms. The second-order valence-electron chi connectivity index (χ2n) is 4.19. The molecule has 110 valence electrons. The van der Waals surface area contributed by atoms with Crippen molar-refractivity contribution in [3.63, 3.8) is 0 Å². The number of azide groups is 1. The molecule has 0 N–H and O–H groups in total. The molecule has 22 heavy (non-hydrogen) atoms. The maximum atomic E-state index is 11.1. The summed E-state index contributed by atoms with van der Waals surface area (Å²) in [5, 5.41) is 10.8. The summed E-state index contributed by atoms with van der Waals surface area (Å²) in [7, 11) is 0. The molecular weight excluding hydrogens is 282 g/mol. The van der Waals surface area contributed by atoms with Crippen molar-refractivity contribution < 1.29 is 9.53 Å². The quantitative estimate of drug-likeness (QED) is 0.420. The maximum absolute atomic E-state index is 11.1. The van der Waals surface area contributed by atoms with Crippen molar-refractivity contribution in [1.82, 2.24) is 0 Å². The number of carbonyl (C=O) groups excluding carboxylic acids is 1. The van der Waals surface area contributed by atoms with Crippen LogP contribution in [-0.2, 0) is 4.74 Å². The predicted octanol–water partition coefficient (Wildman–Crippen LogP) is 5.54. The lowest BCUT2D eigenvalue weighted by molar-refractivity contribution is 0.162. The van der Waals surface area contributed by atoms with Crippen LogP contribution >= 0.6 is 0 Å². The van der Waals surface area contributed by atoms with E-state index in [1.165, 1.54) is 0 Å². The molecule has 7 nitrogen and oxygen atoms in total. The van der Waals surface area contributed by atoms with Gasteiger partial charge in [-0.05, 0) is 35.7 Å². The summed E-state index contributed by atoms with van der Waals surface area (Å²) in [5.41, 5.74) is 11.3. The Morgan fingerprint density at radius 1 is 1.14 bits per heavy atom. The van der Waals surface area contributed by atoms with E-state index in [1.54, 1.807) is 31.2 Å². The lowest BCUT2D eigenvalue weighted by Crippen LogP contribution is -1.95. The molecule has 2 rings (SSSR count). The van der Waals surface area contributed by atoms with Crippen LogP contribution in [0.25, 0.3) is 21.6 Å². The zero-order valence-electron chi connectivity index (χ0n) is 11.9. The molecule has 0 unspecified atom stereocenters. The monoisotopic (exact) mass is 295 g/mol. The van der Waals surface area contributed by atoms with Crippen LogP contribution in [0.5, 0.6) is 0 Å².